The van der Waals surface area contributed by atoms with E-state index in [1.807, 2.05) is 6.92 Å². The molecule has 1 aromatic carbocycles. The normalized spacial score (nSPS) is 11.9. The third-order valence-electron chi connectivity index (χ3n) is 3.77. The summed E-state index contributed by atoms with van der Waals surface area (Å²) in [6.07, 6.45) is 1.93. The molecule has 7 heteroatoms. The summed E-state index contributed by atoms with van der Waals surface area (Å²) in [4.78, 5) is 34.4. The highest BCUT2D eigenvalue weighted by molar-refractivity contribution is 5.84. The first kappa shape index (κ1) is 18.5. The van der Waals surface area contributed by atoms with Crippen molar-refractivity contribution < 1.29 is 23.8 Å². The molecule has 0 unspecified atom stereocenters. The first-order valence-electron chi connectivity index (χ1n) is 8.10. The number of carbonyl (C=O) groups is 2. The highest BCUT2D eigenvalue weighted by Gasteiger charge is 2.19. The molecule has 1 amide bonds. The molecule has 0 saturated heterocycles. The maximum absolute atomic E-state index is 11.9. The third-order valence-corrected chi connectivity index (χ3v) is 3.77. The van der Waals surface area contributed by atoms with E-state index in [-0.39, 0.29) is 6.61 Å². The van der Waals surface area contributed by atoms with E-state index in [0.717, 1.165) is 17.4 Å². The summed E-state index contributed by atoms with van der Waals surface area (Å²) >= 11 is 0. The van der Waals surface area contributed by atoms with Gasteiger partial charge >= 0.3 is 11.6 Å². The van der Waals surface area contributed by atoms with E-state index in [0.29, 0.717) is 24.2 Å². The summed E-state index contributed by atoms with van der Waals surface area (Å²) in [5, 5.41) is 12.3. The number of nitrogens with one attached hydrogen (secondary N) is 1. The van der Waals surface area contributed by atoms with Gasteiger partial charge in [-0.05, 0) is 31.0 Å². The zero-order chi connectivity index (χ0) is 18.4. The van der Waals surface area contributed by atoms with Crippen molar-refractivity contribution in [2.45, 2.75) is 39.2 Å². The molecule has 0 bridgehead atoms. The van der Waals surface area contributed by atoms with Crippen molar-refractivity contribution in [1.29, 1.82) is 0 Å². The Labute approximate surface area is 144 Å². The number of aryl methyl sites for hydroxylation is 1. The number of hydrogen-bond acceptors (Lipinski definition) is 5. The Morgan fingerprint density at radius 1 is 1.32 bits per heavy atom. The monoisotopic (exact) mass is 347 g/mol. The quantitative estimate of drug-likeness (QED) is 0.710. The molecule has 0 aliphatic carbocycles. The van der Waals surface area contributed by atoms with Gasteiger partial charge in [0.25, 0.3) is 5.91 Å². The highest BCUT2D eigenvalue weighted by atomic mass is 16.5. The first-order chi connectivity index (χ1) is 11.9. The second kappa shape index (κ2) is 8.32. The van der Waals surface area contributed by atoms with Crippen LogP contribution in [0.5, 0.6) is 5.75 Å². The predicted molar refractivity (Wildman–Crippen MR) is 91.8 cm³/mol. The third kappa shape index (κ3) is 5.07. The van der Waals surface area contributed by atoms with Gasteiger partial charge in [0.15, 0.2) is 6.61 Å². The van der Waals surface area contributed by atoms with Crippen molar-refractivity contribution in [2.75, 3.05) is 6.61 Å². The second-order valence-corrected chi connectivity index (χ2v) is 5.80. The molecule has 134 valence electrons. The molecule has 2 rings (SSSR count). The van der Waals surface area contributed by atoms with Crippen molar-refractivity contribution in [3.63, 3.8) is 0 Å². The van der Waals surface area contributed by atoms with Crippen molar-refractivity contribution >= 4 is 22.8 Å². The lowest BCUT2D eigenvalue weighted by molar-refractivity contribution is -0.142. The molecule has 0 fully saturated rings. The number of carboxylic acids is 1. The van der Waals surface area contributed by atoms with Crippen LogP contribution >= 0.6 is 0 Å². The van der Waals surface area contributed by atoms with Gasteiger partial charge in [-0.1, -0.05) is 19.8 Å². The lowest BCUT2D eigenvalue weighted by Gasteiger charge is -2.14. The van der Waals surface area contributed by atoms with E-state index in [9.17, 15) is 14.4 Å². The molecule has 0 radical (unpaired) electrons. The zero-order valence-corrected chi connectivity index (χ0v) is 14.2. The molecule has 7 nitrogen and oxygen atoms in total. The van der Waals surface area contributed by atoms with E-state index in [2.05, 4.69) is 5.32 Å². The molecular formula is C18H21NO6. The Bertz CT molecular complexity index is 826. The van der Waals surface area contributed by atoms with Gasteiger partial charge in [0.2, 0.25) is 0 Å². The van der Waals surface area contributed by atoms with E-state index in [4.69, 9.17) is 14.3 Å². The molecular weight excluding hydrogens is 326 g/mol. The number of ether oxygens (including phenoxy) is 1. The van der Waals surface area contributed by atoms with E-state index >= 15 is 0 Å². The van der Waals surface area contributed by atoms with Gasteiger partial charge in [-0.15, -0.1) is 0 Å². The highest BCUT2D eigenvalue weighted by Crippen LogP contribution is 2.22. The Morgan fingerprint density at radius 3 is 2.76 bits per heavy atom. The van der Waals surface area contributed by atoms with Crippen LogP contribution in [-0.2, 0) is 9.59 Å². The maximum atomic E-state index is 11.9. The second-order valence-electron chi connectivity index (χ2n) is 5.80. The van der Waals surface area contributed by atoms with Gasteiger partial charge in [-0.25, -0.2) is 9.59 Å². The summed E-state index contributed by atoms with van der Waals surface area (Å²) in [5.74, 6) is -1.23. The lowest BCUT2D eigenvalue weighted by Crippen LogP contribution is -2.42. The van der Waals surface area contributed by atoms with Crippen molar-refractivity contribution in [3.05, 3.63) is 40.2 Å². The van der Waals surface area contributed by atoms with Crippen LogP contribution in [0.4, 0.5) is 0 Å². The molecule has 25 heavy (non-hydrogen) atoms. The van der Waals surface area contributed by atoms with Gasteiger partial charge in [0.05, 0.1) is 0 Å². The smallest absolute Gasteiger partial charge is 0.336 e. The molecule has 0 saturated carbocycles. The van der Waals surface area contributed by atoms with Crippen LogP contribution in [0.25, 0.3) is 11.0 Å². The minimum atomic E-state index is -1.07. The molecule has 0 spiro atoms. The molecule has 0 aliphatic heterocycles. The fourth-order valence-electron chi connectivity index (χ4n) is 2.45. The number of benzene rings is 1. The first-order valence-corrected chi connectivity index (χ1v) is 8.10. The van der Waals surface area contributed by atoms with Gasteiger partial charge in [-0.2, -0.15) is 0 Å². The average molecular weight is 347 g/mol. The summed E-state index contributed by atoms with van der Waals surface area (Å²) in [5.41, 5.74) is 0.699. The number of amides is 1. The SMILES string of the molecule is CCCC[C@@H](NC(=O)COc1ccc2c(C)cc(=O)oc2c1)C(=O)O. The lowest BCUT2D eigenvalue weighted by atomic mass is 10.1. The number of carbonyl (C=O) groups excluding carboxylic acids is 1. The summed E-state index contributed by atoms with van der Waals surface area (Å²) in [6, 6.07) is 5.41. The zero-order valence-electron chi connectivity index (χ0n) is 14.2. The van der Waals surface area contributed by atoms with Crippen LogP contribution in [0.3, 0.4) is 0 Å². The number of fused-ring (bicyclic) bond motifs is 1. The molecule has 1 aromatic heterocycles. The number of aliphatic carboxylic acids is 1. The molecule has 2 aromatic rings. The van der Waals surface area contributed by atoms with Crippen LogP contribution in [0, 0.1) is 6.92 Å². The van der Waals surface area contributed by atoms with Crippen LogP contribution in [0.1, 0.15) is 31.7 Å². The fraction of sp³-hybridized carbons (Fsp3) is 0.389. The van der Waals surface area contributed by atoms with Crippen molar-refractivity contribution in [2.24, 2.45) is 0 Å². The fourth-order valence-corrected chi connectivity index (χ4v) is 2.45. The Kier molecular flexibility index (Phi) is 6.16. The maximum Gasteiger partial charge on any atom is 0.336 e. The van der Waals surface area contributed by atoms with Gasteiger partial charge in [-0.3, -0.25) is 4.79 Å². The summed E-state index contributed by atoms with van der Waals surface area (Å²) < 4.78 is 10.5. The Morgan fingerprint density at radius 2 is 2.08 bits per heavy atom. The van der Waals surface area contributed by atoms with Crippen molar-refractivity contribution in [1.82, 2.24) is 5.32 Å². The predicted octanol–water partition coefficient (Wildman–Crippen LogP) is 2.24. The Hall–Kier alpha value is -2.83. The largest absolute Gasteiger partial charge is 0.484 e. The van der Waals surface area contributed by atoms with Crippen LogP contribution in [-0.4, -0.2) is 29.6 Å². The molecule has 2 N–H and O–H groups in total. The number of unbranched alkanes of at least 4 members (excludes halogenated alkanes) is 1. The number of hydrogen-bond donors (Lipinski definition) is 2. The molecule has 0 aliphatic rings. The van der Waals surface area contributed by atoms with Crippen LogP contribution in [0.2, 0.25) is 0 Å². The van der Waals surface area contributed by atoms with Crippen LogP contribution < -0.4 is 15.7 Å². The Balaban J connectivity index is 2.00. The molecule has 1 heterocycles. The topological polar surface area (TPSA) is 106 Å². The van der Waals surface area contributed by atoms with Gasteiger partial charge in [0.1, 0.15) is 17.4 Å². The van der Waals surface area contributed by atoms with E-state index < -0.39 is 23.5 Å². The summed E-state index contributed by atoms with van der Waals surface area (Å²) in [6.45, 7) is 3.43. The minimum Gasteiger partial charge on any atom is -0.484 e. The average Bonchev–Trinajstić information content (AvgIpc) is 2.56. The minimum absolute atomic E-state index is 0.322. The van der Waals surface area contributed by atoms with E-state index in [1.54, 1.807) is 19.1 Å². The van der Waals surface area contributed by atoms with Gasteiger partial charge in [0, 0.05) is 17.5 Å². The summed E-state index contributed by atoms with van der Waals surface area (Å²) in [7, 11) is 0. The van der Waals surface area contributed by atoms with Crippen LogP contribution in [0.15, 0.2) is 33.5 Å². The van der Waals surface area contributed by atoms with Gasteiger partial charge < -0.3 is 19.6 Å². The molecule has 1 atom stereocenters. The standard InChI is InChI=1S/C18H21NO6/c1-3-4-5-14(18(22)23)19-16(20)10-24-12-6-7-13-11(2)8-17(21)25-15(13)9-12/h6-9,14H,3-5,10H2,1-2H3,(H,19,20)(H,22,23)/t14-/m1/s1. The van der Waals surface area contributed by atoms with Crippen molar-refractivity contribution in [3.8, 4) is 5.75 Å². The number of rotatable bonds is 8. The van der Waals surface area contributed by atoms with E-state index in [1.165, 1.54) is 12.1 Å². The number of carboxylic acid groups (broad SMARTS) is 1.